The molecule has 100 valence electrons. The molecule has 2 aliphatic heterocycles. The lowest BCUT2D eigenvalue weighted by Gasteiger charge is -2.34. The summed E-state index contributed by atoms with van der Waals surface area (Å²) in [6, 6.07) is 4.07. The normalized spacial score (nSPS) is 31.0. The van der Waals surface area contributed by atoms with E-state index in [1.807, 2.05) is 0 Å². The molecule has 0 aromatic carbocycles. The molecule has 18 heavy (non-hydrogen) atoms. The van der Waals surface area contributed by atoms with Crippen molar-refractivity contribution in [1.82, 2.24) is 10.2 Å². The fraction of sp³-hybridized carbons (Fsp3) is 0.714. The lowest BCUT2D eigenvalue weighted by Crippen LogP contribution is -2.44. The van der Waals surface area contributed by atoms with E-state index in [4.69, 9.17) is 11.6 Å². The first-order chi connectivity index (χ1) is 8.75. The van der Waals surface area contributed by atoms with Crippen LogP contribution in [0.5, 0.6) is 0 Å². The molecule has 1 aromatic rings. The molecule has 1 N–H and O–H groups in total. The van der Waals surface area contributed by atoms with Gasteiger partial charge in [0.15, 0.2) is 0 Å². The fourth-order valence-corrected chi connectivity index (χ4v) is 4.48. The van der Waals surface area contributed by atoms with Crippen molar-refractivity contribution < 1.29 is 0 Å². The maximum Gasteiger partial charge on any atom is 0.0931 e. The van der Waals surface area contributed by atoms with Crippen molar-refractivity contribution in [3.8, 4) is 0 Å². The molecule has 4 heteroatoms. The molecule has 0 bridgehead atoms. The van der Waals surface area contributed by atoms with Crippen LogP contribution in [0.1, 0.15) is 44.2 Å². The van der Waals surface area contributed by atoms with Gasteiger partial charge in [-0.15, -0.1) is 11.3 Å². The molecule has 2 saturated heterocycles. The van der Waals surface area contributed by atoms with E-state index in [9.17, 15) is 0 Å². The molecule has 0 spiro atoms. The molecule has 3 atom stereocenters. The van der Waals surface area contributed by atoms with Crippen molar-refractivity contribution in [3.63, 3.8) is 0 Å². The van der Waals surface area contributed by atoms with Crippen LogP contribution in [0.2, 0.25) is 4.34 Å². The van der Waals surface area contributed by atoms with Crippen molar-refractivity contribution in [1.29, 1.82) is 0 Å². The standard InChI is InChI=1S/C14H21ClN2S/c1-10(11-8-14(15)18-9-11)17-7-3-5-13(17)12-4-2-6-16-12/h8-10,12-13,16H,2-7H2,1H3. The molecule has 2 nitrogen and oxygen atoms in total. The van der Waals surface area contributed by atoms with Gasteiger partial charge in [-0.05, 0) is 62.7 Å². The number of thiophene rings is 1. The van der Waals surface area contributed by atoms with Gasteiger partial charge in [0.1, 0.15) is 0 Å². The van der Waals surface area contributed by atoms with Crippen molar-refractivity contribution in [2.24, 2.45) is 0 Å². The van der Waals surface area contributed by atoms with Crippen molar-refractivity contribution in [2.75, 3.05) is 13.1 Å². The summed E-state index contributed by atoms with van der Waals surface area (Å²) in [5.41, 5.74) is 1.38. The van der Waals surface area contributed by atoms with Crippen LogP contribution in [0, 0.1) is 0 Å². The van der Waals surface area contributed by atoms with Gasteiger partial charge in [0.05, 0.1) is 4.34 Å². The van der Waals surface area contributed by atoms with Crippen LogP contribution in [-0.2, 0) is 0 Å². The van der Waals surface area contributed by atoms with Gasteiger partial charge in [-0.1, -0.05) is 11.6 Å². The highest BCUT2D eigenvalue weighted by atomic mass is 35.5. The molecular formula is C14H21ClN2S. The van der Waals surface area contributed by atoms with Gasteiger partial charge in [-0.2, -0.15) is 0 Å². The number of nitrogens with one attached hydrogen (secondary N) is 1. The summed E-state index contributed by atoms with van der Waals surface area (Å²) in [5.74, 6) is 0. The second-order valence-corrected chi connectivity index (χ2v) is 7.05. The Balaban J connectivity index is 1.73. The van der Waals surface area contributed by atoms with Gasteiger partial charge >= 0.3 is 0 Å². The maximum atomic E-state index is 6.06. The summed E-state index contributed by atoms with van der Waals surface area (Å²) in [5, 5.41) is 5.89. The highest BCUT2D eigenvalue weighted by Crippen LogP contribution is 2.35. The third kappa shape index (κ3) is 2.46. The summed E-state index contributed by atoms with van der Waals surface area (Å²) in [6.07, 6.45) is 5.37. The zero-order valence-corrected chi connectivity index (χ0v) is 12.4. The quantitative estimate of drug-likeness (QED) is 0.911. The Hall–Kier alpha value is -0.0900. The number of likely N-dealkylation sites (tertiary alicyclic amines) is 1. The van der Waals surface area contributed by atoms with Gasteiger partial charge in [-0.3, -0.25) is 4.90 Å². The highest BCUT2D eigenvalue weighted by Gasteiger charge is 2.35. The van der Waals surface area contributed by atoms with E-state index in [-0.39, 0.29) is 0 Å². The van der Waals surface area contributed by atoms with Gasteiger partial charge in [0.25, 0.3) is 0 Å². The molecule has 0 radical (unpaired) electrons. The number of nitrogens with zero attached hydrogens (tertiary/aromatic N) is 1. The van der Waals surface area contributed by atoms with Crippen LogP contribution in [0.25, 0.3) is 0 Å². The molecule has 3 unspecified atom stereocenters. The molecular weight excluding hydrogens is 264 g/mol. The van der Waals surface area contributed by atoms with Crippen LogP contribution < -0.4 is 5.32 Å². The lowest BCUT2D eigenvalue weighted by atomic mass is 10.0. The summed E-state index contributed by atoms with van der Waals surface area (Å²) < 4.78 is 0.909. The second kappa shape index (κ2) is 5.49. The Morgan fingerprint density at radius 1 is 1.44 bits per heavy atom. The second-order valence-electron chi connectivity index (χ2n) is 5.51. The zero-order chi connectivity index (χ0) is 12.5. The predicted octanol–water partition coefficient (Wildman–Crippen LogP) is 3.68. The largest absolute Gasteiger partial charge is 0.312 e. The molecule has 2 aliphatic rings. The van der Waals surface area contributed by atoms with Crippen LogP contribution in [-0.4, -0.2) is 30.1 Å². The Bertz CT molecular complexity index is 400. The van der Waals surface area contributed by atoms with Gasteiger partial charge in [-0.25, -0.2) is 0 Å². The molecule has 3 rings (SSSR count). The number of halogens is 1. The van der Waals surface area contributed by atoms with Crippen LogP contribution in [0.15, 0.2) is 11.4 Å². The molecule has 1 aromatic heterocycles. The molecule has 2 fully saturated rings. The fourth-order valence-electron chi connectivity index (χ4n) is 3.50. The van der Waals surface area contributed by atoms with E-state index in [2.05, 4.69) is 28.6 Å². The number of hydrogen-bond donors (Lipinski definition) is 1. The van der Waals surface area contributed by atoms with E-state index in [0.717, 1.165) is 10.4 Å². The van der Waals surface area contributed by atoms with E-state index in [0.29, 0.717) is 12.1 Å². The van der Waals surface area contributed by atoms with Crippen LogP contribution >= 0.6 is 22.9 Å². The summed E-state index contributed by atoms with van der Waals surface area (Å²) in [6.45, 7) is 4.76. The van der Waals surface area contributed by atoms with Gasteiger partial charge in [0.2, 0.25) is 0 Å². The summed E-state index contributed by atoms with van der Waals surface area (Å²) in [7, 11) is 0. The van der Waals surface area contributed by atoms with Gasteiger partial charge < -0.3 is 5.32 Å². The average molecular weight is 285 g/mol. The van der Waals surface area contributed by atoms with E-state index < -0.39 is 0 Å². The van der Waals surface area contributed by atoms with Crippen molar-refractivity contribution in [3.05, 3.63) is 21.3 Å². The van der Waals surface area contributed by atoms with Gasteiger partial charge in [0, 0.05) is 18.1 Å². The summed E-state index contributed by atoms with van der Waals surface area (Å²) >= 11 is 7.71. The minimum Gasteiger partial charge on any atom is -0.312 e. The third-order valence-corrected chi connectivity index (χ3v) is 5.58. The lowest BCUT2D eigenvalue weighted by molar-refractivity contribution is 0.163. The van der Waals surface area contributed by atoms with Crippen molar-refractivity contribution in [2.45, 2.75) is 50.7 Å². The monoisotopic (exact) mass is 284 g/mol. The third-order valence-electron chi connectivity index (χ3n) is 4.47. The topological polar surface area (TPSA) is 15.3 Å². The zero-order valence-electron chi connectivity index (χ0n) is 10.9. The summed E-state index contributed by atoms with van der Waals surface area (Å²) in [4.78, 5) is 2.68. The highest BCUT2D eigenvalue weighted by molar-refractivity contribution is 7.14. The Morgan fingerprint density at radius 3 is 3.00 bits per heavy atom. The Labute approximate surface area is 118 Å². The first-order valence-electron chi connectivity index (χ1n) is 6.99. The average Bonchev–Trinajstić information content (AvgIpc) is 3.08. The molecule has 0 aliphatic carbocycles. The first kappa shape index (κ1) is 12.9. The number of hydrogen-bond acceptors (Lipinski definition) is 3. The van der Waals surface area contributed by atoms with E-state index in [1.165, 1.54) is 44.3 Å². The van der Waals surface area contributed by atoms with E-state index in [1.54, 1.807) is 11.3 Å². The predicted molar refractivity (Wildman–Crippen MR) is 78.5 cm³/mol. The Morgan fingerprint density at radius 2 is 2.33 bits per heavy atom. The van der Waals surface area contributed by atoms with Crippen molar-refractivity contribution >= 4 is 22.9 Å². The smallest absolute Gasteiger partial charge is 0.0931 e. The molecule has 0 saturated carbocycles. The first-order valence-corrected chi connectivity index (χ1v) is 8.24. The minimum atomic E-state index is 0.503. The van der Waals surface area contributed by atoms with Crippen LogP contribution in [0.3, 0.4) is 0 Å². The molecule has 3 heterocycles. The van der Waals surface area contributed by atoms with E-state index >= 15 is 0 Å². The number of rotatable bonds is 3. The van der Waals surface area contributed by atoms with Crippen LogP contribution in [0.4, 0.5) is 0 Å². The molecule has 0 amide bonds. The Kier molecular flexibility index (Phi) is 3.94. The minimum absolute atomic E-state index is 0.503. The SMILES string of the molecule is CC(c1csc(Cl)c1)N1CCCC1C1CCCN1. The maximum absolute atomic E-state index is 6.06.